The van der Waals surface area contributed by atoms with Gasteiger partial charge in [0, 0.05) is 23.5 Å². The van der Waals surface area contributed by atoms with Crippen LogP contribution in [0.5, 0.6) is 0 Å². The molecule has 74 valence electrons. The third-order valence-electron chi connectivity index (χ3n) is 0.986. The van der Waals surface area contributed by atoms with Gasteiger partial charge in [-0.2, -0.15) is 0 Å². The number of carboxylic acid groups (broad SMARTS) is 2. The van der Waals surface area contributed by atoms with Crippen molar-refractivity contribution in [2.75, 3.05) is 0 Å². The van der Waals surface area contributed by atoms with Gasteiger partial charge in [0.2, 0.25) is 0 Å². The average Bonchev–Trinajstić information content (AvgIpc) is 1.82. The van der Waals surface area contributed by atoms with Crippen LogP contribution in [0.2, 0.25) is 0 Å². The molecule has 0 aliphatic rings. The van der Waals surface area contributed by atoms with Crippen LogP contribution in [0.25, 0.3) is 0 Å². The molecule has 0 aromatic carbocycles. The minimum atomic E-state index is -1.17. The van der Waals surface area contributed by atoms with Crippen molar-refractivity contribution in [2.24, 2.45) is 5.73 Å². The molecule has 0 amide bonds. The van der Waals surface area contributed by atoms with Gasteiger partial charge < -0.3 is 22.1 Å². The second-order valence-electron chi connectivity index (χ2n) is 1.88. The second-order valence-corrected chi connectivity index (χ2v) is 1.88. The minimum absolute atomic E-state index is 0. The number of aliphatic carboxylic acids is 2. The summed E-state index contributed by atoms with van der Waals surface area (Å²) in [7, 11) is 0. The van der Waals surface area contributed by atoms with Gasteiger partial charge in [-0.15, -0.1) is 0 Å². The first-order valence-electron chi connectivity index (χ1n) is 2.74. The molecule has 0 unspecified atom stereocenters. The Morgan fingerprint density at radius 3 is 2.00 bits per heavy atom. The molecule has 12 heavy (non-hydrogen) atoms. The van der Waals surface area contributed by atoms with E-state index in [2.05, 4.69) is 0 Å². The van der Waals surface area contributed by atoms with E-state index >= 15 is 0 Å². The predicted molar refractivity (Wildman–Crippen MR) is 37.5 cm³/mol. The molecule has 0 bridgehead atoms. The molecule has 7 N–H and O–H groups in total. The number of carbonyl (C=O) groups is 2. The van der Waals surface area contributed by atoms with E-state index in [4.69, 9.17) is 15.9 Å². The van der Waals surface area contributed by atoms with Gasteiger partial charge in [0.05, 0.1) is 0 Å². The summed E-state index contributed by atoms with van der Waals surface area (Å²) in [5, 5.41) is 16.3. The van der Waals surface area contributed by atoms with Crippen LogP contribution in [0.15, 0.2) is 0 Å². The van der Waals surface area contributed by atoms with E-state index in [0.29, 0.717) is 0 Å². The van der Waals surface area contributed by atoms with Gasteiger partial charge in [-0.25, -0.2) is 0 Å². The van der Waals surface area contributed by atoms with Crippen LogP contribution < -0.4 is 11.9 Å². The van der Waals surface area contributed by atoms with Crippen molar-refractivity contribution >= 4 is 11.9 Å². The van der Waals surface area contributed by atoms with Crippen molar-refractivity contribution in [3.8, 4) is 0 Å². The summed E-state index contributed by atoms with van der Waals surface area (Å²) >= 11 is 0. The summed E-state index contributed by atoms with van der Waals surface area (Å²) in [6, 6.07) is -1.06. The van der Waals surface area contributed by atoms with Gasteiger partial charge >= 0.3 is 11.9 Å². The van der Waals surface area contributed by atoms with E-state index in [1.54, 1.807) is 0 Å². The minimum Gasteiger partial charge on any atom is -0.481 e. The standard InChI is InChI=1S/C5H9NO4.Fe.H3N/c6-3(5(9)10)1-2-4(7)8;;/h3H,1-2,6H2,(H,7,8)(H,9,10);;1H3/t3-;;/m0../s1. The quantitative estimate of drug-likeness (QED) is 0.468. The van der Waals surface area contributed by atoms with Crippen LogP contribution >= 0.6 is 0 Å². The van der Waals surface area contributed by atoms with E-state index in [0.717, 1.165) is 0 Å². The Morgan fingerprint density at radius 2 is 1.75 bits per heavy atom. The molecule has 0 fully saturated rings. The smallest absolute Gasteiger partial charge is 0.320 e. The molecule has 0 aliphatic carbocycles. The molecule has 0 rings (SSSR count). The van der Waals surface area contributed by atoms with Crippen LogP contribution in [-0.2, 0) is 26.7 Å². The Kier molecular flexibility index (Phi) is 12.3. The molecule has 0 aliphatic heterocycles. The molecule has 0 radical (unpaired) electrons. The molecule has 0 heterocycles. The van der Waals surface area contributed by atoms with E-state index in [-0.39, 0.29) is 36.1 Å². The monoisotopic (exact) mass is 220 g/mol. The van der Waals surface area contributed by atoms with Crippen molar-refractivity contribution in [3.63, 3.8) is 0 Å². The van der Waals surface area contributed by atoms with Crippen LogP contribution in [-0.4, -0.2) is 28.2 Å². The zero-order valence-electron chi connectivity index (χ0n) is 6.34. The SMILES string of the molecule is N.N[C@@H](CCC(=O)O)C(=O)O.[Fe]. The summed E-state index contributed by atoms with van der Waals surface area (Å²) in [5.41, 5.74) is 5.00. The maximum absolute atomic E-state index is 9.99. The van der Waals surface area contributed by atoms with E-state index < -0.39 is 18.0 Å². The average molecular weight is 220 g/mol. The Bertz CT molecular complexity index is 152. The first-order chi connectivity index (χ1) is 4.54. The van der Waals surface area contributed by atoms with Crippen LogP contribution in [0.1, 0.15) is 12.8 Å². The molecule has 0 saturated carbocycles. The zero-order valence-corrected chi connectivity index (χ0v) is 7.44. The van der Waals surface area contributed by atoms with Crippen molar-refractivity contribution in [2.45, 2.75) is 18.9 Å². The number of carboxylic acids is 2. The second kappa shape index (κ2) is 8.48. The van der Waals surface area contributed by atoms with Gasteiger partial charge in [0.25, 0.3) is 0 Å². The number of rotatable bonds is 4. The molecular formula is C5H12FeN2O4. The fourth-order valence-electron chi connectivity index (χ4n) is 0.402. The van der Waals surface area contributed by atoms with Crippen molar-refractivity contribution < 1.29 is 36.9 Å². The third kappa shape index (κ3) is 9.38. The Morgan fingerprint density at radius 1 is 1.33 bits per heavy atom. The van der Waals surface area contributed by atoms with E-state index in [9.17, 15) is 9.59 Å². The Balaban J connectivity index is -0.000000405. The van der Waals surface area contributed by atoms with E-state index in [1.807, 2.05) is 0 Å². The molecule has 7 heteroatoms. The van der Waals surface area contributed by atoms with Gasteiger partial charge in [-0.1, -0.05) is 0 Å². The predicted octanol–water partition coefficient (Wildman–Crippen LogP) is -0.577. The molecule has 6 nitrogen and oxygen atoms in total. The molecule has 0 aromatic rings. The van der Waals surface area contributed by atoms with Gasteiger partial charge in [0.1, 0.15) is 6.04 Å². The van der Waals surface area contributed by atoms with Gasteiger partial charge in [-0.3, -0.25) is 9.59 Å². The fraction of sp³-hybridized carbons (Fsp3) is 0.600. The molecular weight excluding hydrogens is 208 g/mol. The Hall–Kier alpha value is -0.621. The van der Waals surface area contributed by atoms with Gasteiger partial charge in [0.15, 0.2) is 0 Å². The summed E-state index contributed by atoms with van der Waals surface area (Å²) in [6.07, 6.45) is -0.224. The maximum atomic E-state index is 9.99. The van der Waals surface area contributed by atoms with Crippen molar-refractivity contribution in [1.29, 1.82) is 0 Å². The first kappa shape index (κ1) is 17.5. The van der Waals surface area contributed by atoms with Crippen LogP contribution in [0, 0.1) is 0 Å². The number of nitrogens with two attached hydrogens (primary N) is 1. The Labute approximate surface area is 80.2 Å². The number of hydrogen-bond donors (Lipinski definition) is 4. The summed E-state index contributed by atoms with van der Waals surface area (Å²) in [5.74, 6) is -2.20. The summed E-state index contributed by atoms with van der Waals surface area (Å²) < 4.78 is 0. The van der Waals surface area contributed by atoms with Gasteiger partial charge in [-0.05, 0) is 6.42 Å². The topological polar surface area (TPSA) is 136 Å². The maximum Gasteiger partial charge on any atom is 0.320 e. The number of hydrogen-bond acceptors (Lipinski definition) is 4. The summed E-state index contributed by atoms with van der Waals surface area (Å²) in [4.78, 5) is 19.9. The molecule has 1 atom stereocenters. The summed E-state index contributed by atoms with van der Waals surface area (Å²) in [6.45, 7) is 0. The molecule has 0 aromatic heterocycles. The molecule has 0 spiro atoms. The third-order valence-corrected chi connectivity index (χ3v) is 0.986. The van der Waals surface area contributed by atoms with Crippen molar-refractivity contribution in [1.82, 2.24) is 6.15 Å². The van der Waals surface area contributed by atoms with Crippen molar-refractivity contribution in [3.05, 3.63) is 0 Å². The van der Waals surface area contributed by atoms with Crippen LogP contribution in [0.3, 0.4) is 0 Å². The molecule has 0 saturated heterocycles. The normalized spacial score (nSPS) is 10.4. The zero-order chi connectivity index (χ0) is 8.15. The largest absolute Gasteiger partial charge is 0.481 e. The first-order valence-corrected chi connectivity index (χ1v) is 2.74. The van der Waals surface area contributed by atoms with E-state index in [1.165, 1.54) is 0 Å². The fourth-order valence-corrected chi connectivity index (χ4v) is 0.402. The van der Waals surface area contributed by atoms with Crippen LogP contribution in [0.4, 0.5) is 0 Å².